The number of benzene rings is 1. The molecule has 0 radical (unpaired) electrons. The van der Waals surface area contributed by atoms with Crippen LogP contribution in [0.4, 0.5) is 0 Å². The van der Waals surface area contributed by atoms with Gasteiger partial charge in [-0.15, -0.1) is 0 Å². The van der Waals surface area contributed by atoms with Crippen molar-refractivity contribution >= 4 is 22.5 Å². The van der Waals surface area contributed by atoms with Gasteiger partial charge in [0.15, 0.2) is 0 Å². The highest BCUT2D eigenvalue weighted by Gasteiger charge is 2.04. The molecular formula is C11H11ClN2. The normalized spacial score (nSPS) is 10.8. The number of fused-ring (bicyclic) bond motifs is 1. The number of halogens is 1. The second-order valence-corrected chi connectivity index (χ2v) is 3.67. The fourth-order valence-electron chi connectivity index (χ4n) is 1.55. The first kappa shape index (κ1) is 9.44. The molecule has 1 aromatic heterocycles. The van der Waals surface area contributed by atoms with E-state index in [9.17, 15) is 0 Å². The Kier molecular flexibility index (Phi) is 2.40. The molecule has 1 aromatic carbocycles. The zero-order chi connectivity index (χ0) is 10.1. The monoisotopic (exact) mass is 206 g/mol. The number of aromatic nitrogens is 1. The van der Waals surface area contributed by atoms with Gasteiger partial charge in [-0.05, 0) is 18.6 Å². The van der Waals surface area contributed by atoms with Gasteiger partial charge in [-0.25, -0.2) is 0 Å². The number of hydrogen-bond acceptors (Lipinski definition) is 2. The first-order valence-electron chi connectivity index (χ1n) is 4.47. The Morgan fingerprint density at radius 1 is 1.43 bits per heavy atom. The van der Waals surface area contributed by atoms with Gasteiger partial charge in [0.1, 0.15) is 0 Å². The quantitative estimate of drug-likeness (QED) is 0.779. The van der Waals surface area contributed by atoms with Crippen molar-refractivity contribution in [3.63, 3.8) is 0 Å². The van der Waals surface area contributed by atoms with Crippen LogP contribution in [0, 0.1) is 6.92 Å². The number of hydrogen-bond donors (Lipinski definition) is 1. The third-order valence-electron chi connectivity index (χ3n) is 2.22. The van der Waals surface area contributed by atoms with E-state index in [2.05, 4.69) is 4.98 Å². The minimum absolute atomic E-state index is 0.490. The molecule has 0 spiro atoms. The summed E-state index contributed by atoms with van der Waals surface area (Å²) in [6.45, 7) is 2.42. The Morgan fingerprint density at radius 2 is 2.21 bits per heavy atom. The van der Waals surface area contributed by atoms with Crippen LogP contribution in [0.25, 0.3) is 10.9 Å². The van der Waals surface area contributed by atoms with Crippen molar-refractivity contribution in [1.29, 1.82) is 0 Å². The standard InChI is InChI=1S/C11H11ClN2/c1-7-5-10(12)9-4-2-3-8(6-13)11(9)14-7/h2-5H,6,13H2,1H3. The molecule has 0 aliphatic heterocycles. The molecular weight excluding hydrogens is 196 g/mol. The van der Waals surface area contributed by atoms with E-state index in [1.165, 1.54) is 0 Å². The third-order valence-corrected chi connectivity index (χ3v) is 2.53. The number of para-hydroxylation sites is 1. The summed E-state index contributed by atoms with van der Waals surface area (Å²) >= 11 is 6.11. The molecule has 2 rings (SSSR count). The summed E-state index contributed by atoms with van der Waals surface area (Å²) in [6, 6.07) is 7.76. The van der Waals surface area contributed by atoms with E-state index in [1.54, 1.807) is 0 Å². The minimum Gasteiger partial charge on any atom is -0.326 e. The van der Waals surface area contributed by atoms with Crippen molar-refractivity contribution in [2.75, 3.05) is 0 Å². The van der Waals surface area contributed by atoms with Gasteiger partial charge >= 0.3 is 0 Å². The minimum atomic E-state index is 0.490. The molecule has 0 aliphatic rings. The van der Waals surface area contributed by atoms with Crippen molar-refractivity contribution in [3.8, 4) is 0 Å². The second-order valence-electron chi connectivity index (χ2n) is 3.26. The Hall–Kier alpha value is -1.12. The smallest absolute Gasteiger partial charge is 0.0764 e. The molecule has 0 bridgehead atoms. The molecule has 0 saturated heterocycles. The maximum Gasteiger partial charge on any atom is 0.0764 e. The molecule has 2 nitrogen and oxygen atoms in total. The number of nitrogens with zero attached hydrogens (tertiary/aromatic N) is 1. The summed E-state index contributed by atoms with van der Waals surface area (Å²) in [7, 11) is 0. The van der Waals surface area contributed by atoms with Gasteiger partial charge in [0.05, 0.1) is 10.5 Å². The van der Waals surface area contributed by atoms with Gasteiger partial charge in [0.2, 0.25) is 0 Å². The van der Waals surface area contributed by atoms with Crippen LogP contribution >= 0.6 is 11.6 Å². The van der Waals surface area contributed by atoms with Gasteiger partial charge in [-0.3, -0.25) is 4.98 Å². The Bertz CT molecular complexity index is 480. The van der Waals surface area contributed by atoms with Crippen LogP contribution in [0.2, 0.25) is 5.02 Å². The Balaban J connectivity index is 2.86. The van der Waals surface area contributed by atoms with E-state index < -0.39 is 0 Å². The van der Waals surface area contributed by atoms with Crippen molar-refractivity contribution in [2.45, 2.75) is 13.5 Å². The fourth-order valence-corrected chi connectivity index (χ4v) is 1.86. The molecule has 72 valence electrons. The maximum atomic E-state index is 6.11. The lowest BCUT2D eigenvalue weighted by Gasteiger charge is -2.05. The predicted octanol–water partition coefficient (Wildman–Crippen LogP) is 2.66. The molecule has 0 amide bonds. The van der Waals surface area contributed by atoms with Crippen LogP contribution in [0.15, 0.2) is 24.3 Å². The van der Waals surface area contributed by atoms with Crippen molar-refractivity contribution in [1.82, 2.24) is 4.98 Å². The van der Waals surface area contributed by atoms with Gasteiger partial charge in [-0.2, -0.15) is 0 Å². The molecule has 14 heavy (non-hydrogen) atoms. The second kappa shape index (κ2) is 3.56. The average Bonchev–Trinajstić information content (AvgIpc) is 2.17. The highest BCUT2D eigenvalue weighted by Crippen LogP contribution is 2.25. The molecule has 0 unspecified atom stereocenters. The van der Waals surface area contributed by atoms with Gasteiger partial charge < -0.3 is 5.73 Å². The number of aryl methyl sites for hydroxylation is 1. The average molecular weight is 207 g/mol. The zero-order valence-corrected chi connectivity index (χ0v) is 8.67. The highest BCUT2D eigenvalue weighted by molar-refractivity contribution is 6.35. The fraction of sp³-hybridized carbons (Fsp3) is 0.182. The van der Waals surface area contributed by atoms with Crippen LogP contribution in [-0.4, -0.2) is 4.98 Å². The van der Waals surface area contributed by atoms with Crippen molar-refractivity contribution in [2.24, 2.45) is 5.73 Å². The Morgan fingerprint density at radius 3 is 2.93 bits per heavy atom. The topological polar surface area (TPSA) is 38.9 Å². The summed E-state index contributed by atoms with van der Waals surface area (Å²) in [5.41, 5.74) is 8.50. The first-order chi connectivity index (χ1) is 6.72. The summed E-state index contributed by atoms with van der Waals surface area (Å²) in [5.74, 6) is 0. The lowest BCUT2D eigenvalue weighted by molar-refractivity contribution is 1.07. The molecule has 1 heterocycles. The van der Waals surface area contributed by atoms with E-state index >= 15 is 0 Å². The van der Waals surface area contributed by atoms with Crippen LogP contribution in [-0.2, 0) is 6.54 Å². The zero-order valence-electron chi connectivity index (χ0n) is 7.92. The van der Waals surface area contributed by atoms with Crippen LogP contribution in [0.3, 0.4) is 0 Å². The summed E-state index contributed by atoms with van der Waals surface area (Å²) in [5, 5.41) is 1.71. The van der Waals surface area contributed by atoms with Gasteiger partial charge in [0, 0.05) is 17.6 Å². The largest absolute Gasteiger partial charge is 0.326 e. The summed E-state index contributed by atoms with van der Waals surface area (Å²) < 4.78 is 0. The highest BCUT2D eigenvalue weighted by atomic mass is 35.5. The van der Waals surface area contributed by atoms with Crippen LogP contribution in [0.5, 0.6) is 0 Å². The van der Waals surface area contributed by atoms with Crippen molar-refractivity contribution < 1.29 is 0 Å². The predicted molar refractivity (Wildman–Crippen MR) is 59.4 cm³/mol. The molecule has 0 atom stereocenters. The third kappa shape index (κ3) is 1.47. The van der Waals surface area contributed by atoms with E-state index in [0.29, 0.717) is 6.54 Å². The number of pyridine rings is 1. The molecule has 3 heteroatoms. The summed E-state index contributed by atoms with van der Waals surface area (Å²) in [6.07, 6.45) is 0. The first-order valence-corrected chi connectivity index (χ1v) is 4.85. The molecule has 2 aromatic rings. The molecule has 0 fully saturated rings. The Labute approximate surface area is 87.7 Å². The SMILES string of the molecule is Cc1cc(Cl)c2cccc(CN)c2n1. The van der Waals surface area contributed by atoms with E-state index in [4.69, 9.17) is 17.3 Å². The molecule has 0 saturated carbocycles. The van der Waals surface area contributed by atoms with Gasteiger partial charge in [-0.1, -0.05) is 29.8 Å². The molecule has 0 aliphatic carbocycles. The van der Waals surface area contributed by atoms with E-state index in [1.807, 2.05) is 31.2 Å². The lowest BCUT2D eigenvalue weighted by atomic mass is 10.1. The van der Waals surface area contributed by atoms with Crippen molar-refractivity contribution in [3.05, 3.63) is 40.5 Å². The van der Waals surface area contributed by atoms with E-state index in [-0.39, 0.29) is 0 Å². The number of nitrogens with two attached hydrogens (primary N) is 1. The molecule has 2 N–H and O–H groups in total. The van der Waals surface area contributed by atoms with Crippen LogP contribution < -0.4 is 5.73 Å². The van der Waals surface area contributed by atoms with E-state index in [0.717, 1.165) is 27.2 Å². The number of rotatable bonds is 1. The van der Waals surface area contributed by atoms with Gasteiger partial charge in [0.25, 0.3) is 0 Å². The summed E-state index contributed by atoms with van der Waals surface area (Å²) in [4.78, 5) is 4.44. The van der Waals surface area contributed by atoms with Crippen LogP contribution in [0.1, 0.15) is 11.3 Å². The maximum absolute atomic E-state index is 6.11. The lowest BCUT2D eigenvalue weighted by Crippen LogP contribution is -1.99.